The van der Waals surface area contributed by atoms with Crippen LogP contribution in [0.15, 0.2) is 66.4 Å². The van der Waals surface area contributed by atoms with E-state index < -0.39 is 0 Å². The van der Waals surface area contributed by atoms with E-state index in [2.05, 4.69) is 0 Å². The molecule has 0 saturated carbocycles. The van der Waals surface area contributed by atoms with Crippen molar-refractivity contribution in [1.82, 2.24) is 0 Å². The van der Waals surface area contributed by atoms with E-state index in [-0.39, 0.29) is 11.5 Å². The number of hydrogen-bond acceptors (Lipinski definition) is 3. The van der Waals surface area contributed by atoms with E-state index in [1.165, 1.54) is 0 Å². The minimum Gasteiger partial charge on any atom is -0.489 e. The van der Waals surface area contributed by atoms with E-state index >= 15 is 0 Å². The van der Waals surface area contributed by atoms with Crippen molar-refractivity contribution in [3.8, 4) is 11.5 Å². The first-order valence-corrected chi connectivity index (χ1v) is 9.48. The van der Waals surface area contributed by atoms with E-state index in [9.17, 15) is 4.79 Å². The summed E-state index contributed by atoms with van der Waals surface area (Å²) in [5.74, 6) is 1.06. The second kappa shape index (κ2) is 7.70. The van der Waals surface area contributed by atoms with Gasteiger partial charge in [-0.15, -0.1) is 0 Å². The molecule has 0 atom stereocenters. The third kappa shape index (κ3) is 3.64. The molecule has 140 valence electrons. The molecular weight excluding hydrogens is 395 g/mol. The lowest BCUT2D eigenvalue weighted by atomic mass is 10.1. The number of ketones is 1. The van der Waals surface area contributed by atoms with Gasteiger partial charge in [-0.05, 0) is 48.4 Å². The highest BCUT2D eigenvalue weighted by Gasteiger charge is 2.28. The van der Waals surface area contributed by atoms with Gasteiger partial charge in [0.05, 0.1) is 5.56 Å². The smallest absolute Gasteiger partial charge is 0.231 e. The molecule has 0 bridgehead atoms. The Balaban J connectivity index is 1.56. The van der Waals surface area contributed by atoms with Gasteiger partial charge in [-0.2, -0.15) is 0 Å². The van der Waals surface area contributed by atoms with Crippen LogP contribution in [0.1, 0.15) is 27.0 Å². The van der Waals surface area contributed by atoms with E-state index in [4.69, 9.17) is 32.7 Å². The van der Waals surface area contributed by atoms with Gasteiger partial charge >= 0.3 is 0 Å². The first-order valence-electron chi connectivity index (χ1n) is 8.72. The summed E-state index contributed by atoms with van der Waals surface area (Å²) in [6, 6.07) is 18.4. The highest BCUT2D eigenvalue weighted by molar-refractivity contribution is 6.37. The van der Waals surface area contributed by atoms with Gasteiger partial charge in [0.15, 0.2) is 5.76 Å². The highest BCUT2D eigenvalue weighted by atomic mass is 35.5. The zero-order valence-electron chi connectivity index (χ0n) is 15.0. The predicted molar refractivity (Wildman–Crippen MR) is 111 cm³/mol. The molecule has 0 N–H and O–H groups in total. The number of allylic oxidation sites excluding steroid dienone is 1. The number of carbonyl (C=O) groups excluding carboxylic acids is 1. The van der Waals surface area contributed by atoms with Gasteiger partial charge in [-0.3, -0.25) is 4.79 Å². The van der Waals surface area contributed by atoms with Crippen molar-refractivity contribution in [2.24, 2.45) is 0 Å². The Labute approximate surface area is 173 Å². The molecule has 0 radical (unpaired) electrons. The molecule has 0 spiro atoms. The average Bonchev–Trinajstić information content (AvgIpc) is 2.99. The summed E-state index contributed by atoms with van der Waals surface area (Å²) < 4.78 is 11.6. The molecule has 1 aliphatic heterocycles. The normalized spacial score (nSPS) is 14.1. The van der Waals surface area contributed by atoms with Crippen LogP contribution < -0.4 is 9.47 Å². The quantitative estimate of drug-likeness (QED) is 0.460. The fourth-order valence-electron chi connectivity index (χ4n) is 2.97. The number of Topliss-reactive ketones (excluding diaryl/α,β-unsaturated/α-hetero) is 1. The van der Waals surface area contributed by atoms with Crippen LogP contribution in [0.3, 0.4) is 0 Å². The van der Waals surface area contributed by atoms with E-state index in [0.29, 0.717) is 39.3 Å². The number of ether oxygens (including phenoxy) is 2. The van der Waals surface area contributed by atoms with Crippen LogP contribution in [0.25, 0.3) is 6.08 Å². The summed E-state index contributed by atoms with van der Waals surface area (Å²) in [7, 11) is 0. The first-order chi connectivity index (χ1) is 13.5. The Bertz CT molecular complexity index is 1080. The fraction of sp³-hybridized carbons (Fsp3) is 0.0870. The van der Waals surface area contributed by atoms with Crippen molar-refractivity contribution in [1.29, 1.82) is 0 Å². The van der Waals surface area contributed by atoms with Crippen LogP contribution in [0.5, 0.6) is 11.5 Å². The van der Waals surface area contributed by atoms with E-state index in [1.807, 2.05) is 31.2 Å². The summed E-state index contributed by atoms with van der Waals surface area (Å²) >= 11 is 12.4. The SMILES string of the molecule is Cc1ccccc1COc1ccc2c(c1)OC(=Cc1c(Cl)cccc1Cl)C2=O. The Morgan fingerprint density at radius 3 is 2.50 bits per heavy atom. The molecule has 0 saturated heterocycles. The Morgan fingerprint density at radius 2 is 1.75 bits per heavy atom. The number of carbonyl (C=O) groups is 1. The molecule has 0 unspecified atom stereocenters. The summed E-state index contributed by atoms with van der Waals surface area (Å²) in [6.07, 6.45) is 1.57. The van der Waals surface area contributed by atoms with Crippen LogP contribution in [0.4, 0.5) is 0 Å². The third-order valence-electron chi connectivity index (χ3n) is 4.57. The lowest BCUT2D eigenvalue weighted by Gasteiger charge is -2.09. The molecule has 0 amide bonds. The second-order valence-electron chi connectivity index (χ2n) is 6.45. The molecule has 3 nitrogen and oxygen atoms in total. The van der Waals surface area contributed by atoms with Gasteiger partial charge in [0.1, 0.15) is 18.1 Å². The summed E-state index contributed by atoms with van der Waals surface area (Å²) in [5.41, 5.74) is 3.31. The topological polar surface area (TPSA) is 35.5 Å². The maximum atomic E-state index is 12.6. The van der Waals surface area contributed by atoms with Crippen molar-refractivity contribution in [2.45, 2.75) is 13.5 Å². The van der Waals surface area contributed by atoms with Gasteiger partial charge in [-0.25, -0.2) is 0 Å². The van der Waals surface area contributed by atoms with Gasteiger partial charge in [-0.1, -0.05) is 53.5 Å². The molecule has 3 aromatic rings. The molecule has 28 heavy (non-hydrogen) atoms. The van der Waals surface area contributed by atoms with Crippen molar-refractivity contribution >= 4 is 35.1 Å². The molecule has 0 aliphatic carbocycles. The lowest BCUT2D eigenvalue weighted by molar-refractivity contribution is 0.101. The number of benzene rings is 3. The predicted octanol–water partition coefficient (Wildman–Crippen LogP) is 6.50. The molecular formula is C23H16Cl2O3. The molecule has 0 fully saturated rings. The van der Waals surface area contributed by atoms with Gasteiger partial charge in [0.2, 0.25) is 5.78 Å². The highest BCUT2D eigenvalue weighted by Crippen LogP contribution is 2.36. The number of halogens is 2. The standard InChI is InChI=1S/C23H16Cl2O3/c1-14-5-2-3-6-15(14)13-27-16-9-10-17-21(11-16)28-22(23(17)26)12-18-19(24)7-4-8-20(18)25/h2-12H,13H2,1H3. The van der Waals surface area contributed by atoms with Crippen LogP contribution in [-0.4, -0.2) is 5.78 Å². The third-order valence-corrected chi connectivity index (χ3v) is 5.23. The maximum Gasteiger partial charge on any atom is 0.231 e. The maximum absolute atomic E-state index is 12.6. The number of hydrogen-bond donors (Lipinski definition) is 0. The van der Waals surface area contributed by atoms with Crippen LogP contribution in [0, 0.1) is 6.92 Å². The summed E-state index contributed by atoms with van der Waals surface area (Å²) in [4.78, 5) is 12.6. The average molecular weight is 411 g/mol. The number of rotatable bonds is 4. The van der Waals surface area contributed by atoms with E-state index in [0.717, 1.165) is 11.1 Å². The molecule has 3 aromatic carbocycles. The minimum atomic E-state index is -0.212. The van der Waals surface area contributed by atoms with Gasteiger partial charge in [0.25, 0.3) is 0 Å². The second-order valence-corrected chi connectivity index (χ2v) is 7.26. The van der Waals surface area contributed by atoms with Crippen molar-refractivity contribution in [3.63, 3.8) is 0 Å². The Hall–Kier alpha value is -2.75. The number of aryl methyl sites for hydroxylation is 1. The van der Waals surface area contributed by atoms with E-state index in [1.54, 1.807) is 42.5 Å². The molecule has 1 heterocycles. The minimum absolute atomic E-state index is 0.182. The largest absolute Gasteiger partial charge is 0.489 e. The van der Waals surface area contributed by atoms with Crippen molar-refractivity contribution in [2.75, 3.05) is 0 Å². The number of fused-ring (bicyclic) bond motifs is 1. The zero-order chi connectivity index (χ0) is 19.7. The molecule has 1 aliphatic rings. The summed E-state index contributed by atoms with van der Waals surface area (Å²) in [5, 5.41) is 0.907. The summed E-state index contributed by atoms with van der Waals surface area (Å²) in [6.45, 7) is 2.48. The van der Waals surface area contributed by atoms with Crippen LogP contribution in [0.2, 0.25) is 10.0 Å². The first kappa shape index (κ1) is 18.6. The fourth-order valence-corrected chi connectivity index (χ4v) is 3.48. The molecule has 4 rings (SSSR count). The van der Waals surface area contributed by atoms with Gasteiger partial charge in [0, 0.05) is 21.7 Å². The van der Waals surface area contributed by atoms with Gasteiger partial charge < -0.3 is 9.47 Å². The van der Waals surface area contributed by atoms with Crippen molar-refractivity contribution < 1.29 is 14.3 Å². The van der Waals surface area contributed by atoms with Crippen molar-refractivity contribution in [3.05, 3.63) is 98.7 Å². The molecule has 5 heteroatoms. The van der Waals surface area contributed by atoms with Crippen LogP contribution in [-0.2, 0) is 6.61 Å². The van der Waals surface area contributed by atoms with Crippen LogP contribution >= 0.6 is 23.2 Å². The lowest BCUT2D eigenvalue weighted by Crippen LogP contribution is -1.98. The Kier molecular flexibility index (Phi) is 5.12. The molecule has 0 aromatic heterocycles. The monoisotopic (exact) mass is 410 g/mol. The zero-order valence-corrected chi connectivity index (χ0v) is 16.6. The Morgan fingerprint density at radius 1 is 1.00 bits per heavy atom.